The minimum atomic E-state index is -1.19. The fourth-order valence-corrected chi connectivity index (χ4v) is 1.63. The normalized spacial score (nSPS) is 19.4. The number of benzene rings is 1. The Morgan fingerprint density at radius 2 is 1.67 bits per heavy atom. The Hall–Kier alpha value is -1.04. The molecule has 0 saturated carbocycles. The molecule has 2 rings (SSSR count). The predicted octanol–water partition coefficient (Wildman–Crippen LogP) is 1.12. The van der Waals surface area contributed by atoms with E-state index < -0.39 is 17.4 Å². The van der Waals surface area contributed by atoms with Gasteiger partial charge in [0.25, 0.3) is 0 Å². The van der Waals surface area contributed by atoms with Crippen molar-refractivity contribution < 1.29 is 18.3 Å². The van der Waals surface area contributed by atoms with Gasteiger partial charge in [-0.1, -0.05) is 0 Å². The summed E-state index contributed by atoms with van der Waals surface area (Å²) in [5.74, 6) is -2.53. The molecule has 1 saturated heterocycles. The van der Waals surface area contributed by atoms with Crippen LogP contribution in [0.25, 0.3) is 0 Å². The third-order valence-electron chi connectivity index (χ3n) is 2.32. The molecule has 5 heteroatoms. The molecule has 0 atom stereocenters. The molecular weight excluding hydrogens is 204 g/mol. The van der Waals surface area contributed by atoms with E-state index in [-0.39, 0.29) is 12.1 Å². The number of ether oxygens (including phenoxy) is 2. The maximum Gasteiger partial charge on any atom is 0.207 e. The zero-order valence-electron chi connectivity index (χ0n) is 8.00. The molecule has 2 N–H and O–H groups in total. The maximum absolute atomic E-state index is 13.0. The van der Waals surface area contributed by atoms with Crippen molar-refractivity contribution in [2.24, 2.45) is 5.73 Å². The highest BCUT2D eigenvalue weighted by molar-refractivity contribution is 5.23. The van der Waals surface area contributed by atoms with Gasteiger partial charge in [-0.15, -0.1) is 0 Å². The Balaban J connectivity index is 2.42. The number of rotatable bonds is 2. The Bertz CT molecular complexity index is 344. The Kier molecular flexibility index (Phi) is 2.68. The van der Waals surface area contributed by atoms with Crippen molar-refractivity contribution in [3.8, 4) is 0 Å². The second kappa shape index (κ2) is 3.84. The minimum absolute atomic E-state index is 0.0237. The van der Waals surface area contributed by atoms with Crippen LogP contribution in [0.15, 0.2) is 18.2 Å². The summed E-state index contributed by atoms with van der Waals surface area (Å²) in [6.45, 7) is 0.764. The van der Waals surface area contributed by atoms with Crippen LogP contribution >= 0.6 is 0 Å². The summed E-state index contributed by atoms with van der Waals surface area (Å²) in [6.07, 6.45) is 0. The first kappa shape index (κ1) is 10.5. The van der Waals surface area contributed by atoms with Gasteiger partial charge in [0.05, 0.1) is 19.8 Å². The van der Waals surface area contributed by atoms with Gasteiger partial charge in [-0.25, -0.2) is 8.78 Å². The van der Waals surface area contributed by atoms with E-state index in [1.54, 1.807) is 0 Å². The van der Waals surface area contributed by atoms with Gasteiger partial charge in [-0.2, -0.15) is 0 Å². The largest absolute Gasteiger partial charge is 0.342 e. The molecule has 82 valence electrons. The molecular formula is C10H11F2NO2. The smallest absolute Gasteiger partial charge is 0.207 e. The molecule has 1 heterocycles. The van der Waals surface area contributed by atoms with Crippen LogP contribution in [0.5, 0.6) is 0 Å². The van der Waals surface area contributed by atoms with Crippen molar-refractivity contribution in [3.05, 3.63) is 35.4 Å². The molecule has 1 aromatic carbocycles. The van der Waals surface area contributed by atoms with Crippen LogP contribution in [0, 0.1) is 11.6 Å². The Morgan fingerprint density at radius 3 is 2.13 bits per heavy atom. The lowest BCUT2D eigenvalue weighted by atomic mass is 10.1. The van der Waals surface area contributed by atoms with Gasteiger partial charge in [0.1, 0.15) is 11.6 Å². The summed E-state index contributed by atoms with van der Waals surface area (Å²) in [5, 5.41) is 0. The maximum atomic E-state index is 13.0. The molecule has 0 radical (unpaired) electrons. The summed E-state index contributed by atoms with van der Waals surface area (Å²) in [4.78, 5) is 0. The van der Waals surface area contributed by atoms with E-state index in [1.807, 2.05) is 0 Å². The molecule has 0 unspecified atom stereocenters. The van der Waals surface area contributed by atoms with Crippen LogP contribution in [0.2, 0.25) is 0 Å². The average Bonchev–Trinajstić information content (AvgIpc) is 2.65. The fraction of sp³-hybridized carbons (Fsp3) is 0.400. The average molecular weight is 215 g/mol. The van der Waals surface area contributed by atoms with Crippen LogP contribution in [0.3, 0.4) is 0 Å². The highest BCUT2D eigenvalue weighted by Gasteiger charge is 2.37. The molecule has 1 aliphatic heterocycles. The molecule has 0 aliphatic carbocycles. The van der Waals surface area contributed by atoms with E-state index in [2.05, 4.69) is 0 Å². The number of nitrogens with two attached hydrogens (primary N) is 1. The fourth-order valence-electron chi connectivity index (χ4n) is 1.63. The van der Waals surface area contributed by atoms with Crippen LogP contribution < -0.4 is 5.73 Å². The van der Waals surface area contributed by atoms with E-state index in [0.717, 1.165) is 6.07 Å². The summed E-state index contributed by atoms with van der Waals surface area (Å²) < 4.78 is 36.6. The topological polar surface area (TPSA) is 44.5 Å². The van der Waals surface area contributed by atoms with Gasteiger partial charge in [0.2, 0.25) is 5.79 Å². The molecule has 0 aromatic heterocycles. The Labute approximate surface area is 85.8 Å². The van der Waals surface area contributed by atoms with Crippen LogP contribution in [0.1, 0.15) is 5.56 Å². The minimum Gasteiger partial charge on any atom is -0.342 e. The van der Waals surface area contributed by atoms with Gasteiger partial charge in [-0.3, -0.25) is 0 Å². The van der Waals surface area contributed by atoms with E-state index in [9.17, 15) is 8.78 Å². The SMILES string of the molecule is NCC1(c2cc(F)cc(F)c2)OCCO1. The lowest BCUT2D eigenvalue weighted by Gasteiger charge is -2.25. The van der Waals surface area contributed by atoms with Crippen LogP contribution in [0.4, 0.5) is 8.78 Å². The molecule has 3 nitrogen and oxygen atoms in total. The van der Waals surface area contributed by atoms with E-state index in [0.29, 0.717) is 13.2 Å². The molecule has 1 aromatic rings. The number of hydrogen-bond acceptors (Lipinski definition) is 3. The molecule has 1 fully saturated rings. The predicted molar refractivity (Wildman–Crippen MR) is 49.0 cm³/mol. The molecule has 15 heavy (non-hydrogen) atoms. The lowest BCUT2D eigenvalue weighted by molar-refractivity contribution is -0.157. The molecule has 0 amide bonds. The number of hydrogen-bond donors (Lipinski definition) is 1. The third kappa shape index (κ3) is 1.86. The first-order valence-corrected chi connectivity index (χ1v) is 4.61. The zero-order chi connectivity index (χ0) is 10.9. The summed E-state index contributed by atoms with van der Waals surface area (Å²) in [5.41, 5.74) is 5.78. The quantitative estimate of drug-likeness (QED) is 0.804. The van der Waals surface area contributed by atoms with Crippen molar-refractivity contribution in [1.82, 2.24) is 0 Å². The zero-order valence-corrected chi connectivity index (χ0v) is 8.00. The number of halogens is 2. The standard InChI is InChI=1S/C10H11F2NO2/c11-8-3-7(4-9(12)5-8)10(6-13)14-1-2-15-10/h3-5H,1-2,6,13H2. The van der Waals surface area contributed by atoms with E-state index >= 15 is 0 Å². The third-order valence-corrected chi connectivity index (χ3v) is 2.32. The first-order valence-electron chi connectivity index (χ1n) is 4.61. The molecule has 1 aliphatic rings. The second-order valence-electron chi connectivity index (χ2n) is 3.31. The van der Waals surface area contributed by atoms with Gasteiger partial charge < -0.3 is 15.2 Å². The van der Waals surface area contributed by atoms with E-state index in [1.165, 1.54) is 12.1 Å². The Morgan fingerprint density at radius 1 is 1.13 bits per heavy atom. The van der Waals surface area contributed by atoms with Crippen molar-refractivity contribution in [3.63, 3.8) is 0 Å². The first-order chi connectivity index (χ1) is 7.16. The van der Waals surface area contributed by atoms with Crippen LogP contribution in [-0.4, -0.2) is 19.8 Å². The van der Waals surface area contributed by atoms with Crippen molar-refractivity contribution in [2.75, 3.05) is 19.8 Å². The molecule has 0 bridgehead atoms. The van der Waals surface area contributed by atoms with Crippen LogP contribution in [-0.2, 0) is 15.3 Å². The van der Waals surface area contributed by atoms with E-state index in [4.69, 9.17) is 15.2 Å². The highest BCUT2D eigenvalue weighted by atomic mass is 19.1. The summed E-state index contributed by atoms with van der Waals surface area (Å²) in [7, 11) is 0. The monoisotopic (exact) mass is 215 g/mol. The highest BCUT2D eigenvalue weighted by Crippen LogP contribution is 2.31. The summed E-state index contributed by atoms with van der Waals surface area (Å²) in [6, 6.07) is 3.13. The van der Waals surface area contributed by atoms with Crippen molar-refractivity contribution in [1.29, 1.82) is 0 Å². The molecule has 0 spiro atoms. The van der Waals surface area contributed by atoms with Crippen molar-refractivity contribution in [2.45, 2.75) is 5.79 Å². The van der Waals surface area contributed by atoms with Crippen molar-refractivity contribution >= 4 is 0 Å². The summed E-state index contributed by atoms with van der Waals surface area (Å²) >= 11 is 0. The van der Waals surface area contributed by atoms with Gasteiger partial charge in [0, 0.05) is 11.6 Å². The van der Waals surface area contributed by atoms with Gasteiger partial charge in [-0.05, 0) is 12.1 Å². The van der Waals surface area contributed by atoms with Gasteiger partial charge in [0.15, 0.2) is 0 Å². The van der Waals surface area contributed by atoms with Gasteiger partial charge >= 0.3 is 0 Å². The second-order valence-corrected chi connectivity index (χ2v) is 3.31. The lowest BCUT2D eigenvalue weighted by Crippen LogP contribution is -2.36.